The Hall–Kier alpha value is -2.04. The molecule has 0 atom stereocenters. The second kappa shape index (κ2) is 3.27. The largest absolute Gasteiger partial charge is 0.349 e. The van der Waals surface area contributed by atoms with Gasteiger partial charge in [-0.15, -0.1) is 0 Å². The lowest BCUT2D eigenvalue weighted by Crippen LogP contribution is -2.26. The first-order valence-electron chi connectivity index (χ1n) is 4.57. The number of para-hydroxylation sites is 1. The van der Waals surface area contributed by atoms with Gasteiger partial charge < -0.3 is 0 Å². The van der Waals surface area contributed by atoms with Gasteiger partial charge in [-0.25, -0.2) is 24.4 Å². The molecular weight excluding hydrogens is 194 g/mol. The number of H-pyrrole nitrogens is 2. The highest BCUT2D eigenvalue weighted by Gasteiger charge is 2.10. The van der Waals surface area contributed by atoms with Crippen molar-refractivity contribution in [2.45, 2.75) is 13.8 Å². The summed E-state index contributed by atoms with van der Waals surface area (Å²) in [6.45, 7) is 3.72. The van der Waals surface area contributed by atoms with E-state index in [1.807, 2.05) is 32.0 Å². The summed E-state index contributed by atoms with van der Waals surface area (Å²) in [6, 6.07) is 5.61. The van der Waals surface area contributed by atoms with Crippen molar-refractivity contribution < 1.29 is 0 Å². The fourth-order valence-corrected chi connectivity index (χ4v) is 1.67. The highest BCUT2D eigenvalue weighted by atomic mass is 16.2. The summed E-state index contributed by atoms with van der Waals surface area (Å²) in [6.07, 6.45) is 0. The van der Waals surface area contributed by atoms with Crippen molar-refractivity contribution in [1.82, 2.24) is 14.8 Å². The highest BCUT2D eigenvalue weighted by Crippen LogP contribution is 2.14. The van der Waals surface area contributed by atoms with Gasteiger partial charge in [-0.1, -0.05) is 18.2 Å². The first-order valence-corrected chi connectivity index (χ1v) is 4.57. The summed E-state index contributed by atoms with van der Waals surface area (Å²) in [5.74, 6) is 0. The fraction of sp³-hybridized carbons (Fsp3) is 0.200. The van der Waals surface area contributed by atoms with Crippen LogP contribution in [0.15, 0.2) is 27.8 Å². The molecule has 0 bridgehead atoms. The number of rotatable bonds is 1. The Labute approximate surface area is 85.4 Å². The first-order chi connectivity index (χ1) is 7.11. The van der Waals surface area contributed by atoms with Gasteiger partial charge in [0.2, 0.25) is 0 Å². The third-order valence-electron chi connectivity index (χ3n) is 2.35. The van der Waals surface area contributed by atoms with Gasteiger partial charge in [0.15, 0.2) is 0 Å². The third kappa shape index (κ3) is 1.41. The van der Waals surface area contributed by atoms with E-state index in [-0.39, 0.29) is 0 Å². The molecule has 0 spiro atoms. The molecule has 1 aromatic heterocycles. The maximum Gasteiger partial charge on any atom is 0.349 e. The van der Waals surface area contributed by atoms with E-state index in [0.717, 1.165) is 15.7 Å². The number of aromatic amines is 2. The Bertz CT molecular complexity index is 556. The maximum absolute atomic E-state index is 11.4. The Morgan fingerprint density at radius 3 is 1.93 bits per heavy atom. The summed E-state index contributed by atoms with van der Waals surface area (Å²) >= 11 is 0. The van der Waals surface area contributed by atoms with Crippen LogP contribution in [-0.4, -0.2) is 14.8 Å². The Kier molecular flexibility index (Phi) is 2.07. The zero-order chi connectivity index (χ0) is 11.0. The van der Waals surface area contributed by atoms with Crippen molar-refractivity contribution in [2.24, 2.45) is 0 Å². The molecule has 2 aromatic rings. The second-order valence-corrected chi connectivity index (χ2v) is 3.44. The second-order valence-electron chi connectivity index (χ2n) is 3.44. The quantitative estimate of drug-likeness (QED) is 0.710. The molecule has 5 nitrogen and oxygen atoms in total. The first kappa shape index (κ1) is 9.51. The van der Waals surface area contributed by atoms with Crippen molar-refractivity contribution in [3.05, 3.63) is 50.3 Å². The van der Waals surface area contributed by atoms with Crippen LogP contribution in [0.25, 0.3) is 5.69 Å². The van der Waals surface area contributed by atoms with Crippen LogP contribution in [0.4, 0.5) is 0 Å². The number of aromatic nitrogens is 3. The van der Waals surface area contributed by atoms with Crippen molar-refractivity contribution in [2.75, 3.05) is 0 Å². The molecule has 2 rings (SSSR count). The predicted molar refractivity (Wildman–Crippen MR) is 56.5 cm³/mol. The van der Waals surface area contributed by atoms with E-state index in [0.29, 0.717) is 5.69 Å². The van der Waals surface area contributed by atoms with E-state index in [4.69, 9.17) is 0 Å². The molecule has 0 aliphatic carbocycles. The Morgan fingerprint density at radius 1 is 1.00 bits per heavy atom. The van der Waals surface area contributed by atoms with Gasteiger partial charge >= 0.3 is 11.4 Å². The Morgan fingerprint density at radius 2 is 1.47 bits per heavy atom. The average Bonchev–Trinajstić information content (AvgIpc) is 2.49. The molecule has 0 aliphatic heterocycles. The van der Waals surface area contributed by atoms with E-state index in [1.165, 1.54) is 0 Å². The lowest BCUT2D eigenvalue weighted by Gasteiger charge is -2.07. The van der Waals surface area contributed by atoms with Gasteiger partial charge in [-0.05, 0) is 25.0 Å². The van der Waals surface area contributed by atoms with Crippen LogP contribution in [-0.2, 0) is 0 Å². The third-order valence-corrected chi connectivity index (χ3v) is 2.35. The molecule has 1 heterocycles. The maximum atomic E-state index is 11.4. The molecule has 78 valence electrons. The van der Waals surface area contributed by atoms with Crippen molar-refractivity contribution >= 4 is 0 Å². The van der Waals surface area contributed by atoms with Gasteiger partial charge in [0.1, 0.15) is 0 Å². The van der Waals surface area contributed by atoms with Crippen LogP contribution >= 0.6 is 0 Å². The fourth-order valence-electron chi connectivity index (χ4n) is 1.67. The van der Waals surface area contributed by atoms with Crippen molar-refractivity contribution in [3.8, 4) is 5.69 Å². The predicted octanol–water partition coefficient (Wildman–Crippen LogP) is 0.471. The lowest BCUT2D eigenvalue weighted by molar-refractivity contribution is 0.930. The van der Waals surface area contributed by atoms with Crippen LogP contribution in [0, 0.1) is 13.8 Å². The minimum Gasteiger partial charge on any atom is -0.247 e. The molecule has 5 heteroatoms. The number of aryl methyl sites for hydroxylation is 2. The molecule has 1 aromatic carbocycles. The summed E-state index contributed by atoms with van der Waals surface area (Å²) in [4.78, 5) is 22.8. The molecule has 0 fully saturated rings. The van der Waals surface area contributed by atoms with Crippen LogP contribution in [0.5, 0.6) is 0 Å². The zero-order valence-corrected chi connectivity index (χ0v) is 8.50. The highest BCUT2D eigenvalue weighted by molar-refractivity contribution is 5.46. The summed E-state index contributed by atoms with van der Waals surface area (Å²) in [5, 5.41) is 4.52. The molecule has 0 radical (unpaired) electrons. The molecule has 0 saturated carbocycles. The monoisotopic (exact) mass is 205 g/mol. The number of hydrogen-bond acceptors (Lipinski definition) is 2. The molecule has 15 heavy (non-hydrogen) atoms. The molecule has 0 amide bonds. The standard InChI is InChI=1S/C10H11N3O2/c1-6-4-3-5-7(2)8(6)13-9(14)11-12-10(13)15/h3-5H,1-2H3,(H,11,14)(H,12,15). The number of benzene rings is 1. The van der Waals surface area contributed by atoms with Crippen LogP contribution in [0.2, 0.25) is 0 Å². The minimum absolute atomic E-state index is 0.447. The van der Waals surface area contributed by atoms with Gasteiger partial charge in [0, 0.05) is 0 Å². The van der Waals surface area contributed by atoms with E-state index < -0.39 is 11.4 Å². The summed E-state index contributed by atoms with van der Waals surface area (Å²) in [7, 11) is 0. The van der Waals surface area contributed by atoms with Crippen LogP contribution < -0.4 is 11.4 Å². The molecule has 2 N–H and O–H groups in total. The lowest BCUT2D eigenvalue weighted by atomic mass is 10.1. The number of nitrogens with zero attached hydrogens (tertiary/aromatic N) is 1. The van der Waals surface area contributed by atoms with Gasteiger partial charge in [0.25, 0.3) is 0 Å². The summed E-state index contributed by atoms with van der Waals surface area (Å²) in [5.41, 5.74) is 1.53. The molecule has 0 unspecified atom stereocenters. The topological polar surface area (TPSA) is 70.7 Å². The van der Waals surface area contributed by atoms with Gasteiger partial charge in [0.05, 0.1) is 5.69 Å². The van der Waals surface area contributed by atoms with Crippen LogP contribution in [0.1, 0.15) is 11.1 Å². The smallest absolute Gasteiger partial charge is 0.247 e. The Balaban J connectivity index is 2.86. The minimum atomic E-state index is -0.447. The van der Waals surface area contributed by atoms with Gasteiger partial charge in [-0.3, -0.25) is 0 Å². The van der Waals surface area contributed by atoms with Crippen LogP contribution in [0.3, 0.4) is 0 Å². The van der Waals surface area contributed by atoms with E-state index >= 15 is 0 Å². The SMILES string of the molecule is Cc1cccc(C)c1-n1c(=O)[nH][nH]c1=O. The molecule has 0 saturated heterocycles. The van der Waals surface area contributed by atoms with Crippen molar-refractivity contribution in [3.63, 3.8) is 0 Å². The molecule has 0 aliphatic rings. The van der Waals surface area contributed by atoms with E-state index in [1.54, 1.807) is 0 Å². The summed E-state index contributed by atoms with van der Waals surface area (Å²) < 4.78 is 1.10. The number of hydrogen-bond donors (Lipinski definition) is 2. The number of nitrogens with one attached hydrogen (secondary N) is 2. The van der Waals surface area contributed by atoms with E-state index in [9.17, 15) is 9.59 Å². The van der Waals surface area contributed by atoms with Gasteiger partial charge in [-0.2, -0.15) is 0 Å². The van der Waals surface area contributed by atoms with Crippen molar-refractivity contribution in [1.29, 1.82) is 0 Å². The average molecular weight is 205 g/mol. The zero-order valence-electron chi connectivity index (χ0n) is 8.50. The molecular formula is C10H11N3O2. The normalized spacial score (nSPS) is 10.5. The van der Waals surface area contributed by atoms with E-state index in [2.05, 4.69) is 10.2 Å².